The molecule has 0 aromatic heterocycles. The Morgan fingerprint density at radius 3 is 2.47 bits per heavy atom. The minimum absolute atomic E-state index is 0.168. The number of hydrogen-bond donors (Lipinski definition) is 1. The molecule has 1 saturated heterocycles. The first-order valence-electron chi connectivity index (χ1n) is 5.55. The van der Waals surface area contributed by atoms with Crippen LogP contribution in [0.15, 0.2) is 0 Å². The maximum absolute atomic E-state index is 11.6. The average molecular weight is 212 g/mol. The Balaban J connectivity index is 2.75. The maximum atomic E-state index is 11.6. The van der Waals surface area contributed by atoms with E-state index < -0.39 is 5.54 Å². The standard InChI is InChI=1S/C11H20N2O2/c1-5-11(4)9(14)12-10(15)13(11)7-6-8(2)3/h8H,5-7H2,1-4H3,(H,12,14,15). The normalized spacial score (nSPS) is 26.3. The van der Waals surface area contributed by atoms with Crippen molar-refractivity contribution in [1.29, 1.82) is 0 Å². The first-order valence-corrected chi connectivity index (χ1v) is 5.55. The van der Waals surface area contributed by atoms with E-state index in [0.29, 0.717) is 18.9 Å². The third kappa shape index (κ3) is 2.13. The molecule has 1 rings (SSSR count). The first kappa shape index (κ1) is 12.0. The largest absolute Gasteiger partial charge is 0.325 e. The molecule has 1 N–H and O–H groups in total. The lowest BCUT2D eigenvalue weighted by Crippen LogP contribution is -2.47. The molecule has 1 aliphatic heterocycles. The highest BCUT2D eigenvalue weighted by Crippen LogP contribution is 2.25. The summed E-state index contributed by atoms with van der Waals surface area (Å²) in [6, 6.07) is -0.245. The zero-order valence-corrected chi connectivity index (χ0v) is 9.96. The van der Waals surface area contributed by atoms with E-state index in [2.05, 4.69) is 19.2 Å². The minimum Gasteiger partial charge on any atom is -0.310 e. The van der Waals surface area contributed by atoms with E-state index in [1.807, 2.05) is 13.8 Å². The molecular weight excluding hydrogens is 192 g/mol. The van der Waals surface area contributed by atoms with Crippen LogP contribution in [-0.4, -0.2) is 28.9 Å². The molecule has 1 aliphatic rings. The molecule has 1 heterocycles. The Kier molecular flexibility index (Phi) is 3.37. The summed E-state index contributed by atoms with van der Waals surface area (Å²) in [7, 11) is 0. The van der Waals surface area contributed by atoms with Gasteiger partial charge in [0, 0.05) is 6.54 Å². The second-order valence-electron chi connectivity index (χ2n) is 4.72. The highest BCUT2D eigenvalue weighted by molar-refractivity contribution is 6.06. The first-order chi connectivity index (χ1) is 6.91. The van der Waals surface area contributed by atoms with Crippen LogP contribution in [0.1, 0.15) is 40.5 Å². The van der Waals surface area contributed by atoms with Crippen molar-refractivity contribution >= 4 is 11.9 Å². The molecule has 4 nitrogen and oxygen atoms in total. The van der Waals surface area contributed by atoms with Crippen LogP contribution in [0.4, 0.5) is 4.79 Å². The van der Waals surface area contributed by atoms with Crippen LogP contribution < -0.4 is 5.32 Å². The number of hydrogen-bond acceptors (Lipinski definition) is 2. The number of amides is 3. The number of carbonyl (C=O) groups is 2. The lowest BCUT2D eigenvalue weighted by molar-refractivity contribution is -0.126. The molecular formula is C11H20N2O2. The predicted molar refractivity (Wildman–Crippen MR) is 58.4 cm³/mol. The van der Waals surface area contributed by atoms with Crippen molar-refractivity contribution in [2.24, 2.45) is 5.92 Å². The van der Waals surface area contributed by atoms with E-state index >= 15 is 0 Å². The van der Waals surface area contributed by atoms with Gasteiger partial charge < -0.3 is 4.90 Å². The fourth-order valence-electron chi connectivity index (χ4n) is 1.73. The van der Waals surface area contributed by atoms with Gasteiger partial charge in [-0.2, -0.15) is 0 Å². The van der Waals surface area contributed by atoms with Crippen molar-refractivity contribution in [2.45, 2.75) is 46.1 Å². The van der Waals surface area contributed by atoms with Crippen LogP contribution >= 0.6 is 0 Å². The van der Waals surface area contributed by atoms with Crippen molar-refractivity contribution in [3.8, 4) is 0 Å². The molecule has 1 fully saturated rings. The molecule has 0 saturated carbocycles. The molecule has 1 unspecified atom stereocenters. The highest BCUT2D eigenvalue weighted by Gasteiger charge is 2.47. The van der Waals surface area contributed by atoms with Gasteiger partial charge in [0.2, 0.25) is 0 Å². The average Bonchev–Trinajstić information content (AvgIpc) is 2.36. The smallest absolute Gasteiger partial charge is 0.310 e. The topological polar surface area (TPSA) is 49.4 Å². The van der Waals surface area contributed by atoms with Gasteiger partial charge in [-0.25, -0.2) is 4.79 Å². The van der Waals surface area contributed by atoms with Gasteiger partial charge in [-0.3, -0.25) is 10.1 Å². The van der Waals surface area contributed by atoms with Crippen molar-refractivity contribution in [3.63, 3.8) is 0 Å². The summed E-state index contributed by atoms with van der Waals surface area (Å²) in [5.41, 5.74) is -0.647. The van der Waals surface area contributed by atoms with Gasteiger partial charge in [-0.1, -0.05) is 20.8 Å². The van der Waals surface area contributed by atoms with Crippen LogP contribution in [0.2, 0.25) is 0 Å². The van der Waals surface area contributed by atoms with E-state index in [4.69, 9.17) is 0 Å². The van der Waals surface area contributed by atoms with E-state index in [0.717, 1.165) is 6.42 Å². The zero-order chi connectivity index (χ0) is 11.6. The number of imide groups is 1. The number of nitrogens with zero attached hydrogens (tertiary/aromatic N) is 1. The van der Waals surface area contributed by atoms with Gasteiger partial charge >= 0.3 is 6.03 Å². The summed E-state index contributed by atoms with van der Waals surface area (Å²) >= 11 is 0. The van der Waals surface area contributed by atoms with Crippen LogP contribution in [0.5, 0.6) is 0 Å². The summed E-state index contributed by atoms with van der Waals surface area (Å²) in [6.07, 6.45) is 1.58. The van der Waals surface area contributed by atoms with Crippen LogP contribution in [0.25, 0.3) is 0 Å². The highest BCUT2D eigenvalue weighted by atomic mass is 16.2. The molecule has 1 atom stereocenters. The van der Waals surface area contributed by atoms with Gasteiger partial charge in [0.05, 0.1) is 0 Å². The molecule has 86 valence electrons. The van der Waals surface area contributed by atoms with Gasteiger partial charge in [0.25, 0.3) is 5.91 Å². The van der Waals surface area contributed by atoms with Gasteiger partial charge in [-0.05, 0) is 25.7 Å². The molecule has 15 heavy (non-hydrogen) atoms. The summed E-state index contributed by atoms with van der Waals surface area (Å²) in [5, 5.41) is 2.38. The Bertz CT molecular complexity index is 276. The minimum atomic E-state index is -0.647. The molecule has 0 aromatic carbocycles. The summed E-state index contributed by atoms with van der Waals surface area (Å²) < 4.78 is 0. The van der Waals surface area contributed by atoms with Crippen molar-refractivity contribution < 1.29 is 9.59 Å². The maximum Gasteiger partial charge on any atom is 0.325 e. The van der Waals surface area contributed by atoms with E-state index in [9.17, 15) is 9.59 Å². The third-order valence-electron chi connectivity index (χ3n) is 3.17. The second-order valence-corrected chi connectivity index (χ2v) is 4.72. The molecule has 0 spiro atoms. The zero-order valence-electron chi connectivity index (χ0n) is 9.96. The van der Waals surface area contributed by atoms with Crippen molar-refractivity contribution in [3.05, 3.63) is 0 Å². The number of rotatable bonds is 4. The van der Waals surface area contributed by atoms with Gasteiger partial charge in [-0.15, -0.1) is 0 Å². The SMILES string of the molecule is CCC1(C)C(=O)NC(=O)N1CCC(C)C. The Labute approximate surface area is 91.0 Å². The molecule has 0 radical (unpaired) electrons. The summed E-state index contributed by atoms with van der Waals surface area (Å²) in [5.74, 6) is 0.369. The quantitative estimate of drug-likeness (QED) is 0.722. The molecule has 0 aliphatic carbocycles. The summed E-state index contributed by atoms with van der Waals surface area (Å²) in [4.78, 5) is 24.8. The lowest BCUT2D eigenvalue weighted by Gasteiger charge is -2.31. The number of urea groups is 1. The van der Waals surface area contributed by atoms with Crippen molar-refractivity contribution in [2.75, 3.05) is 6.54 Å². The second kappa shape index (κ2) is 4.21. The van der Waals surface area contributed by atoms with E-state index in [1.54, 1.807) is 4.90 Å². The Morgan fingerprint density at radius 1 is 1.40 bits per heavy atom. The molecule has 0 aromatic rings. The number of carbonyl (C=O) groups excluding carboxylic acids is 2. The molecule has 4 heteroatoms. The third-order valence-corrected chi connectivity index (χ3v) is 3.17. The Morgan fingerprint density at radius 2 is 2.00 bits per heavy atom. The summed E-state index contributed by atoms with van der Waals surface area (Å²) in [6.45, 7) is 8.63. The van der Waals surface area contributed by atoms with E-state index in [1.165, 1.54) is 0 Å². The molecule has 0 bridgehead atoms. The molecule has 3 amide bonds. The van der Waals surface area contributed by atoms with Crippen LogP contribution in [-0.2, 0) is 4.79 Å². The number of nitrogens with one attached hydrogen (secondary N) is 1. The van der Waals surface area contributed by atoms with Gasteiger partial charge in [0.1, 0.15) is 5.54 Å². The fourth-order valence-corrected chi connectivity index (χ4v) is 1.73. The fraction of sp³-hybridized carbons (Fsp3) is 0.818. The predicted octanol–water partition coefficient (Wildman–Crippen LogP) is 1.75. The lowest BCUT2D eigenvalue weighted by atomic mass is 9.96. The van der Waals surface area contributed by atoms with Crippen LogP contribution in [0, 0.1) is 5.92 Å². The van der Waals surface area contributed by atoms with Crippen molar-refractivity contribution in [1.82, 2.24) is 10.2 Å². The van der Waals surface area contributed by atoms with Crippen LogP contribution in [0.3, 0.4) is 0 Å². The Hall–Kier alpha value is -1.06. The van der Waals surface area contributed by atoms with E-state index in [-0.39, 0.29) is 11.9 Å². The van der Waals surface area contributed by atoms with Gasteiger partial charge in [0.15, 0.2) is 0 Å². The monoisotopic (exact) mass is 212 g/mol.